The van der Waals surface area contributed by atoms with Crippen LogP contribution >= 0.6 is 11.6 Å². The molecule has 1 N–H and O–H groups in total. The number of halogens is 1. The van der Waals surface area contributed by atoms with Crippen molar-refractivity contribution in [1.82, 2.24) is 0 Å². The highest BCUT2D eigenvalue weighted by Crippen LogP contribution is 2.23. The Kier molecular flexibility index (Phi) is 7.25. The Labute approximate surface area is 164 Å². The number of hydrogen-bond donors (Lipinski definition) is 1. The largest absolute Gasteiger partial charge is 0.481 e. The molecule has 0 spiro atoms. The van der Waals surface area contributed by atoms with E-state index in [0.717, 1.165) is 11.1 Å². The predicted octanol–water partition coefficient (Wildman–Crippen LogP) is 4.93. The smallest absolute Gasteiger partial charge is 0.339 e. The number of aryl methyl sites for hydroxylation is 2. The second kappa shape index (κ2) is 9.42. The standard InChI is InChI=1S/C21H24ClNO4/c1-5-19(27-16-9-7-13(3)14(4)11-16)20(24)23-15-8-10-17(18(22)12-15)21(25)26-6-2/h7-12,19H,5-6H2,1-4H3,(H,23,24). The maximum absolute atomic E-state index is 12.6. The van der Waals surface area contributed by atoms with Gasteiger partial charge in [0.15, 0.2) is 6.10 Å². The number of carbonyl (C=O) groups is 2. The molecule has 0 aliphatic heterocycles. The van der Waals surface area contributed by atoms with Crippen LogP contribution in [0.1, 0.15) is 41.8 Å². The van der Waals surface area contributed by atoms with Crippen molar-refractivity contribution in [2.75, 3.05) is 11.9 Å². The van der Waals surface area contributed by atoms with Gasteiger partial charge in [0.25, 0.3) is 5.91 Å². The summed E-state index contributed by atoms with van der Waals surface area (Å²) in [6.45, 7) is 7.88. The average molecular weight is 390 g/mol. The molecule has 0 saturated heterocycles. The fourth-order valence-electron chi connectivity index (χ4n) is 2.46. The summed E-state index contributed by atoms with van der Waals surface area (Å²) in [6, 6.07) is 10.4. The molecule has 1 amide bonds. The van der Waals surface area contributed by atoms with Gasteiger partial charge in [-0.1, -0.05) is 24.6 Å². The molecular formula is C21H24ClNO4. The van der Waals surface area contributed by atoms with E-state index < -0.39 is 12.1 Å². The van der Waals surface area contributed by atoms with Gasteiger partial charge in [-0.15, -0.1) is 0 Å². The second-order valence-corrected chi connectivity index (χ2v) is 6.57. The van der Waals surface area contributed by atoms with Crippen LogP contribution in [0.2, 0.25) is 5.02 Å². The quantitative estimate of drug-likeness (QED) is 0.682. The molecule has 0 heterocycles. The maximum atomic E-state index is 12.6. The summed E-state index contributed by atoms with van der Waals surface area (Å²) >= 11 is 6.14. The number of amides is 1. The van der Waals surface area contributed by atoms with Gasteiger partial charge in [0.2, 0.25) is 0 Å². The average Bonchev–Trinajstić information content (AvgIpc) is 2.62. The van der Waals surface area contributed by atoms with Gasteiger partial charge in [-0.05, 0) is 68.7 Å². The molecular weight excluding hydrogens is 366 g/mol. The number of anilines is 1. The number of rotatable bonds is 7. The molecule has 1 unspecified atom stereocenters. The van der Waals surface area contributed by atoms with Crippen LogP contribution in [0, 0.1) is 13.8 Å². The van der Waals surface area contributed by atoms with Crippen LogP contribution in [0.3, 0.4) is 0 Å². The van der Waals surface area contributed by atoms with Crippen LogP contribution in [-0.4, -0.2) is 24.6 Å². The Morgan fingerprint density at radius 3 is 2.41 bits per heavy atom. The molecule has 0 radical (unpaired) electrons. The number of benzene rings is 2. The van der Waals surface area contributed by atoms with Crippen molar-refractivity contribution in [3.63, 3.8) is 0 Å². The predicted molar refractivity (Wildman–Crippen MR) is 107 cm³/mol. The van der Waals surface area contributed by atoms with Gasteiger partial charge < -0.3 is 14.8 Å². The van der Waals surface area contributed by atoms with Crippen LogP contribution < -0.4 is 10.1 Å². The zero-order chi connectivity index (χ0) is 20.0. The molecule has 0 saturated carbocycles. The molecule has 0 aliphatic rings. The van der Waals surface area contributed by atoms with Gasteiger partial charge >= 0.3 is 5.97 Å². The molecule has 1 atom stereocenters. The van der Waals surface area contributed by atoms with Gasteiger partial charge in [0.05, 0.1) is 17.2 Å². The normalized spacial score (nSPS) is 11.6. The molecule has 6 heteroatoms. The maximum Gasteiger partial charge on any atom is 0.339 e. The van der Waals surface area contributed by atoms with E-state index in [1.54, 1.807) is 13.0 Å². The summed E-state index contributed by atoms with van der Waals surface area (Å²) in [4.78, 5) is 24.4. The fraction of sp³-hybridized carbons (Fsp3) is 0.333. The van der Waals surface area contributed by atoms with Gasteiger partial charge in [-0.3, -0.25) is 4.79 Å². The Bertz CT molecular complexity index is 835. The van der Waals surface area contributed by atoms with Gasteiger partial charge in [0, 0.05) is 5.69 Å². The first-order valence-corrected chi connectivity index (χ1v) is 9.25. The Morgan fingerprint density at radius 2 is 1.81 bits per heavy atom. The Balaban J connectivity index is 2.08. The van der Waals surface area contributed by atoms with Crippen molar-refractivity contribution in [1.29, 1.82) is 0 Å². The van der Waals surface area contributed by atoms with E-state index in [1.807, 2.05) is 39.0 Å². The van der Waals surface area contributed by atoms with E-state index in [4.69, 9.17) is 21.1 Å². The van der Waals surface area contributed by atoms with Crippen molar-refractivity contribution in [2.45, 2.75) is 40.2 Å². The Morgan fingerprint density at radius 1 is 1.07 bits per heavy atom. The molecule has 27 heavy (non-hydrogen) atoms. The molecule has 2 aromatic rings. The number of hydrogen-bond acceptors (Lipinski definition) is 4. The molecule has 5 nitrogen and oxygen atoms in total. The highest BCUT2D eigenvalue weighted by Gasteiger charge is 2.20. The zero-order valence-electron chi connectivity index (χ0n) is 16.0. The third-order valence-electron chi connectivity index (χ3n) is 4.15. The molecule has 0 fully saturated rings. The molecule has 0 aliphatic carbocycles. The lowest BCUT2D eigenvalue weighted by Gasteiger charge is -2.18. The lowest BCUT2D eigenvalue weighted by molar-refractivity contribution is -0.122. The lowest BCUT2D eigenvalue weighted by Crippen LogP contribution is -2.32. The topological polar surface area (TPSA) is 64.6 Å². The van der Waals surface area contributed by atoms with Crippen LogP contribution in [0.4, 0.5) is 5.69 Å². The van der Waals surface area contributed by atoms with Crippen molar-refractivity contribution in [3.8, 4) is 5.75 Å². The summed E-state index contributed by atoms with van der Waals surface area (Å²) in [5.74, 6) is -0.128. The first kappa shape index (κ1) is 20.8. The van der Waals surface area contributed by atoms with Crippen LogP contribution in [0.5, 0.6) is 5.75 Å². The molecule has 0 aromatic heterocycles. The van der Waals surface area contributed by atoms with E-state index in [2.05, 4.69) is 5.32 Å². The summed E-state index contributed by atoms with van der Waals surface area (Å²) in [6.07, 6.45) is -0.136. The summed E-state index contributed by atoms with van der Waals surface area (Å²) in [7, 11) is 0. The monoisotopic (exact) mass is 389 g/mol. The lowest BCUT2D eigenvalue weighted by atomic mass is 10.1. The molecule has 2 rings (SSSR count). The van der Waals surface area contributed by atoms with Gasteiger partial charge in [0.1, 0.15) is 5.75 Å². The summed E-state index contributed by atoms with van der Waals surface area (Å²) in [5, 5.41) is 2.99. The third-order valence-corrected chi connectivity index (χ3v) is 4.46. The van der Waals surface area contributed by atoms with Crippen molar-refractivity contribution in [3.05, 3.63) is 58.1 Å². The second-order valence-electron chi connectivity index (χ2n) is 6.17. The Hall–Kier alpha value is -2.53. The first-order chi connectivity index (χ1) is 12.8. The summed E-state index contributed by atoms with van der Waals surface area (Å²) in [5.41, 5.74) is 3.01. The molecule has 144 valence electrons. The summed E-state index contributed by atoms with van der Waals surface area (Å²) < 4.78 is 10.8. The number of esters is 1. The van der Waals surface area contributed by atoms with Crippen LogP contribution in [0.25, 0.3) is 0 Å². The fourth-order valence-corrected chi connectivity index (χ4v) is 2.72. The van der Waals surface area contributed by atoms with Crippen molar-refractivity contribution < 1.29 is 19.1 Å². The minimum atomic E-state index is -0.643. The number of carbonyl (C=O) groups excluding carboxylic acids is 2. The van der Waals surface area contributed by atoms with E-state index in [1.165, 1.54) is 12.1 Å². The van der Waals surface area contributed by atoms with Crippen molar-refractivity contribution >= 4 is 29.2 Å². The van der Waals surface area contributed by atoms with E-state index in [9.17, 15) is 9.59 Å². The zero-order valence-corrected chi connectivity index (χ0v) is 16.7. The first-order valence-electron chi connectivity index (χ1n) is 8.87. The van der Waals surface area contributed by atoms with Gasteiger partial charge in [-0.25, -0.2) is 4.79 Å². The molecule has 2 aromatic carbocycles. The van der Waals surface area contributed by atoms with E-state index >= 15 is 0 Å². The highest BCUT2D eigenvalue weighted by molar-refractivity contribution is 6.34. The van der Waals surface area contributed by atoms with Crippen molar-refractivity contribution in [2.24, 2.45) is 0 Å². The number of ether oxygens (including phenoxy) is 2. The highest BCUT2D eigenvalue weighted by atomic mass is 35.5. The minimum Gasteiger partial charge on any atom is -0.481 e. The molecule has 0 bridgehead atoms. The van der Waals surface area contributed by atoms with E-state index in [-0.39, 0.29) is 23.1 Å². The number of nitrogens with one attached hydrogen (secondary N) is 1. The minimum absolute atomic E-state index is 0.217. The third kappa shape index (κ3) is 5.47. The van der Waals surface area contributed by atoms with Gasteiger partial charge in [-0.2, -0.15) is 0 Å². The van der Waals surface area contributed by atoms with E-state index in [0.29, 0.717) is 17.9 Å². The SMILES string of the molecule is CCOC(=O)c1ccc(NC(=O)C(CC)Oc2ccc(C)c(C)c2)cc1Cl. The van der Waals surface area contributed by atoms with Crippen LogP contribution in [0.15, 0.2) is 36.4 Å². The van der Waals surface area contributed by atoms with Crippen LogP contribution in [-0.2, 0) is 9.53 Å².